The van der Waals surface area contributed by atoms with Crippen LogP contribution in [0, 0.1) is 6.92 Å². The van der Waals surface area contributed by atoms with Crippen molar-refractivity contribution in [2.24, 2.45) is 5.73 Å². The van der Waals surface area contributed by atoms with Crippen LogP contribution in [-0.4, -0.2) is 19.7 Å². The second-order valence-electron chi connectivity index (χ2n) is 4.36. The first-order valence-corrected chi connectivity index (χ1v) is 6.21. The molecule has 0 aliphatic carbocycles. The molecule has 1 aromatic carbocycles. The average molecular weight is 257 g/mol. The van der Waals surface area contributed by atoms with Crippen molar-refractivity contribution in [1.82, 2.24) is 5.32 Å². The maximum atomic E-state index is 6.09. The molecule has 0 aliphatic heterocycles. The van der Waals surface area contributed by atoms with Crippen LogP contribution >= 0.6 is 11.6 Å². The number of nitrogens with two attached hydrogens (primary N) is 1. The van der Waals surface area contributed by atoms with Gasteiger partial charge in [-0.2, -0.15) is 0 Å². The molecule has 0 spiro atoms. The summed E-state index contributed by atoms with van der Waals surface area (Å²) in [6.07, 6.45) is 0.975. The fourth-order valence-corrected chi connectivity index (χ4v) is 1.86. The lowest BCUT2D eigenvalue weighted by atomic mass is 10.1. The zero-order valence-electron chi connectivity index (χ0n) is 10.7. The molecule has 0 bridgehead atoms. The Kier molecular flexibility index (Phi) is 5.75. The van der Waals surface area contributed by atoms with Crippen molar-refractivity contribution in [3.05, 3.63) is 28.3 Å². The summed E-state index contributed by atoms with van der Waals surface area (Å²) in [4.78, 5) is 0. The number of hydrogen-bond acceptors (Lipinski definition) is 3. The summed E-state index contributed by atoms with van der Waals surface area (Å²) in [6.45, 7) is 5.79. The third-order valence-corrected chi connectivity index (χ3v) is 3.00. The van der Waals surface area contributed by atoms with Crippen LogP contribution in [0.1, 0.15) is 24.5 Å². The summed E-state index contributed by atoms with van der Waals surface area (Å²) in [5.74, 6) is 0.725. The van der Waals surface area contributed by atoms with Gasteiger partial charge in [0.1, 0.15) is 5.75 Å². The van der Waals surface area contributed by atoms with Crippen molar-refractivity contribution < 1.29 is 4.74 Å². The van der Waals surface area contributed by atoms with Crippen LogP contribution in [0.5, 0.6) is 5.75 Å². The van der Waals surface area contributed by atoms with Gasteiger partial charge >= 0.3 is 0 Å². The van der Waals surface area contributed by atoms with Gasteiger partial charge in [0.15, 0.2) is 0 Å². The van der Waals surface area contributed by atoms with E-state index in [1.54, 1.807) is 7.11 Å². The highest BCUT2D eigenvalue weighted by Gasteiger charge is 2.06. The fraction of sp³-hybridized carbons (Fsp3) is 0.538. The average Bonchev–Trinajstić information content (AvgIpc) is 2.28. The normalized spacial score (nSPS) is 12.5. The van der Waals surface area contributed by atoms with Crippen molar-refractivity contribution in [2.45, 2.75) is 32.9 Å². The smallest absolute Gasteiger partial charge is 0.137 e. The minimum atomic E-state index is 0.239. The SMILES string of the molecule is COc1cc(C)c(CNCCC(C)N)cc1Cl. The van der Waals surface area contributed by atoms with E-state index in [0.29, 0.717) is 5.02 Å². The molecule has 3 N–H and O–H groups in total. The van der Waals surface area contributed by atoms with E-state index in [1.165, 1.54) is 11.1 Å². The largest absolute Gasteiger partial charge is 0.495 e. The van der Waals surface area contributed by atoms with E-state index in [-0.39, 0.29) is 6.04 Å². The number of benzene rings is 1. The van der Waals surface area contributed by atoms with Crippen molar-refractivity contribution in [3.8, 4) is 5.75 Å². The topological polar surface area (TPSA) is 47.3 Å². The van der Waals surface area contributed by atoms with Crippen LogP contribution in [0.3, 0.4) is 0 Å². The molecule has 0 heterocycles. The number of hydrogen-bond donors (Lipinski definition) is 2. The Morgan fingerprint density at radius 2 is 2.18 bits per heavy atom. The second-order valence-corrected chi connectivity index (χ2v) is 4.76. The van der Waals surface area contributed by atoms with E-state index in [9.17, 15) is 0 Å². The summed E-state index contributed by atoms with van der Waals surface area (Å²) in [7, 11) is 1.63. The van der Waals surface area contributed by atoms with Crippen LogP contribution in [0.4, 0.5) is 0 Å². The first kappa shape index (κ1) is 14.3. The standard InChI is InChI=1S/C13H21ClN2O/c1-9-6-13(17-3)12(14)7-11(9)8-16-5-4-10(2)15/h6-7,10,16H,4-5,8,15H2,1-3H3. The lowest BCUT2D eigenvalue weighted by molar-refractivity contribution is 0.414. The molecule has 1 rings (SSSR count). The van der Waals surface area contributed by atoms with Gasteiger partial charge in [0.05, 0.1) is 12.1 Å². The number of methoxy groups -OCH3 is 1. The van der Waals surface area contributed by atoms with Gasteiger partial charge in [-0.05, 0) is 50.1 Å². The minimum absolute atomic E-state index is 0.239. The Bertz CT molecular complexity index is 367. The van der Waals surface area contributed by atoms with Gasteiger partial charge < -0.3 is 15.8 Å². The Hall–Kier alpha value is -0.770. The number of nitrogens with one attached hydrogen (secondary N) is 1. The lowest BCUT2D eigenvalue weighted by Crippen LogP contribution is -2.23. The number of ether oxygens (including phenoxy) is 1. The quantitative estimate of drug-likeness (QED) is 0.769. The first-order valence-electron chi connectivity index (χ1n) is 5.84. The maximum Gasteiger partial charge on any atom is 0.137 e. The lowest BCUT2D eigenvalue weighted by Gasteiger charge is -2.12. The molecule has 1 aromatic rings. The molecule has 0 radical (unpaired) electrons. The predicted octanol–water partition coefficient (Wildman–Crippen LogP) is 2.48. The monoisotopic (exact) mass is 256 g/mol. The number of halogens is 1. The molecule has 96 valence electrons. The summed E-state index contributed by atoms with van der Waals surface area (Å²) in [5.41, 5.74) is 8.06. The van der Waals surface area contributed by atoms with Crippen molar-refractivity contribution in [3.63, 3.8) is 0 Å². The van der Waals surface area contributed by atoms with E-state index in [0.717, 1.165) is 25.3 Å². The zero-order chi connectivity index (χ0) is 12.8. The van der Waals surface area contributed by atoms with Gasteiger partial charge in [-0.25, -0.2) is 0 Å². The molecular weight excluding hydrogens is 236 g/mol. The van der Waals surface area contributed by atoms with Crippen molar-refractivity contribution in [1.29, 1.82) is 0 Å². The molecule has 0 fully saturated rings. The third-order valence-electron chi connectivity index (χ3n) is 2.70. The Morgan fingerprint density at radius 3 is 2.76 bits per heavy atom. The summed E-state index contributed by atoms with van der Waals surface area (Å²) >= 11 is 6.09. The van der Waals surface area contributed by atoms with Crippen LogP contribution in [0.25, 0.3) is 0 Å². The van der Waals surface area contributed by atoms with Gasteiger partial charge in [-0.1, -0.05) is 11.6 Å². The number of aryl methyl sites for hydroxylation is 1. The van der Waals surface area contributed by atoms with Crippen LogP contribution in [0.15, 0.2) is 12.1 Å². The highest BCUT2D eigenvalue weighted by Crippen LogP contribution is 2.27. The molecule has 17 heavy (non-hydrogen) atoms. The van der Waals surface area contributed by atoms with E-state index in [4.69, 9.17) is 22.1 Å². The van der Waals surface area contributed by atoms with Gasteiger partial charge in [0.2, 0.25) is 0 Å². The van der Waals surface area contributed by atoms with Crippen molar-refractivity contribution in [2.75, 3.05) is 13.7 Å². The molecule has 3 nitrogen and oxygen atoms in total. The van der Waals surface area contributed by atoms with Gasteiger partial charge in [-0.15, -0.1) is 0 Å². The van der Waals surface area contributed by atoms with Gasteiger partial charge in [-0.3, -0.25) is 0 Å². The molecule has 0 aromatic heterocycles. The summed E-state index contributed by atoms with van der Waals surface area (Å²) in [5, 5.41) is 4.01. The Morgan fingerprint density at radius 1 is 1.47 bits per heavy atom. The zero-order valence-corrected chi connectivity index (χ0v) is 11.5. The third kappa shape index (κ3) is 4.54. The molecule has 4 heteroatoms. The number of rotatable bonds is 6. The maximum absolute atomic E-state index is 6.09. The van der Waals surface area contributed by atoms with Crippen LogP contribution < -0.4 is 15.8 Å². The van der Waals surface area contributed by atoms with E-state index >= 15 is 0 Å². The Labute approximate surface area is 108 Å². The van der Waals surface area contributed by atoms with Gasteiger partial charge in [0.25, 0.3) is 0 Å². The first-order chi connectivity index (χ1) is 8.04. The Balaban J connectivity index is 2.56. The molecule has 1 atom stereocenters. The molecule has 0 aliphatic rings. The molecule has 0 saturated carbocycles. The van der Waals surface area contributed by atoms with E-state index in [2.05, 4.69) is 12.2 Å². The fourth-order valence-electron chi connectivity index (χ4n) is 1.60. The van der Waals surface area contributed by atoms with E-state index < -0.39 is 0 Å². The highest BCUT2D eigenvalue weighted by molar-refractivity contribution is 6.32. The van der Waals surface area contributed by atoms with E-state index in [1.807, 2.05) is 19.1 Å². The highest BCUT2D eigenvalue weighted by atomic mass is 35.5. The van der Waals surface area contributed by atoms with Gasteiger partial charge in [0, 0.05) is 12.6 Å². The minimum Gasteiger partial charge on any atom is -0.495 e. The second kappa shape index (κ2) is 6.84. The molecule has 1 unspecified atom stereocenters. The van der Waals surface area contributed by atoms with Crippen LogP contribution in [0.2, 0.25) is 5.02 Å². The molecular formula is C13H21ClN2O. The van der Waals surface area contributed by atoms with Crippen molar-refractivity contribution >= 4 is 11.6 Å². The summed E-state index contributed by atoms with van der Waals surface area (Å²) < 4.78 is 5.17. The van der Waals surface area contributed by atoms with Crippen LogP contribution in [-0.2, 0) is 6.54 Å². The predicted molar refractivity (Wildman–Crippen MR) is 72.7 cm³/mol. The molecule has 0 saturated heterocycles. The summed E-state index contributed by atoms with van der Waals surface area (Å²) in [6, 6.07) is 4.16. The molecule has 0 amide bonds.